The Bertz CT molecular complexity index is 931. The third-order valence-electron chi connectivity index (χ3n) is 5.64. The molecule has 0 saturated carbocycles. The number of methoxy groups -OCH3 is 2. The van der Waals surface area contributed by atoms with Crippen LogP contribution in [0.15, 0.2) is 60.7 Å². The molecule has 3 aromatic rings. The first kappa shape index (κ1) is 22.0. The lowest BCUT2D eigenvalue weighted by Crippen LogP contribution is -2.11. The molecule has 3 rings (SSSR count). The van der Waals surface area contributed by atoms with Gasteiger partial charge < -0.3 is 9.47 Å². The lowest BCUT2D eigenvalue weighted by atomic mass is 9.84. The monoisotopic (exact) mass is 402 g/mol. The minimum absolute atomic E-state index is 0.0850. The number of benzene rings is 3. The second-order valence-corrected chi connectivity index (χ2v) is 9.91. The van der Waals surface area contributed by atoms with Gasteiger partial charge in [-0.2, -0.15) is 0 Å². The first-order chi connectivity index (χ1) is 14.0. The standard InChI is InChI=1S/C28H34O2/c1-27(2,3)21-13-15-25(29-7)23(17-21)19-9-11-20(12-10-19)24-18-22(28(4,5)6)14-16-26(24)30-8/h9-18H,1-8H3. The van der Waals surface area contributed by atoms with Gasteiger partial charge in [-0.25, -0.2) is 0 Å². The molecule has 0 spiro atoms. The van der Waals surface area contributed by atoms with Crippen LogP contribution in [-0.4, -0.2) is 14.2 Å². The van der Waals surface area contributed by atoms with Crippen molar-refractivity contribution in [3.8, 4) is 33.8 Å². The van der Waals surface area contributed by atoms with E-state index in [0.29, 0.717) is 0 Å². The summed E-state index contributed by atoms with van der Waals surface area (Å²) in [7, 11) is 3.46. The maximum atomic E-state index is 5.65. The molecule has 0 amide bonds. The summed E-state index contributed by atoms with van der Waals surface area (Å²) >= 11 is 0. The summed E-state index contributed by atoms with van der Waals surface area (Å²) in [6.45, 7) is 13.4. The highest BCUT2D eigenvalue weighted by atomic mass is 16.5. The van der Waals surface area contributed by atoms with Crippen LogP contribution in [0.25, 0.3) is 22.3 Å². The van der Waals surface area contributed by atoms with Crippen LogP contribution in [0.4, 0.5) is 0 Å². The summed E-state index contributed by atoms with van der Waals surface area (Å²) < 4.78 is 11.3. The Morgan fingerprint density at radius 1 is 0.500 bits per heavy atom. The van der Waals surface area contributed by atoms with E-state index in [9.17, 15) is 0 Å². The van der Waals surface area contributed by atoms with Crippen LogP contribution >= 0.6 is 0 Å². The van der Waals surface area contributed by atoms with Gasteiger partial charge in [0, 0.05) is 11.1 Å². The van der Waals surface area contributed by atoms with Crippen LogP contribution in [0, 0.1) is 0 Å². The molecule has 0 fully saturated rings. The highest BCUT2D eigenvalue weighted by Gasteiger charge is 2.18. The first-order valence-corrected chi connectivity index (χ1v) is 10.5. The Morgan fingerprint density at radius 3 is 1.10 bits per heavy atom. The zero-order chi connectivity index (χ0) is 22.1. The van der Waals surface area contributed by atoms with Crippen LogP contribution in [0.3, 0.4) is 0 Å². The molecule has 0 aromatic heterocycles. The van der Waals surface area contributed by atoms with E-state index in [4.69, 9.17) is 9.47 Å². The zero-order valence-electron chi connectivity index (χ0n) is 19.6. The Kier molecular flexibility index (Phi) is 5.99. The summed E-state index contributed by atoms with van der Waals surface area (Å²) in [5.74, 6) is 1.78. The lowest BCUT2D eigenvalue weighted by molar-refractivity contribution is 0.415. The highest BCUT2D eigenvalue weighted by molar-refractivity contribution is 5.77. The van der Waals surface area contributed by atoms with Crippen LogP contribution in [-0.2, 0) is 10.8 Å². The maximum absolute atomic E-state index is 5.65. The maximum Gasteiger partial charge on any atom is 0.126 e. The average molecular weight is 403 g/mol. The quantitative estimate of drug-likeness (QED) is 0.446. The van der Waals surface area contributed by atoms with Crippen molar-refractivity contribution in [3.63, 3.8) is 0 Å². The Labute approximate surface area is 181 Å². The molecular weight excluding hydrogens is 368 g/mol. The number of hydrogen-bond donors (Lipinski definition) is 0. The van der Waals surface area contributed by atoms with E-state index in [-0.39, 0.29) is 10.8 Å². The molecule has 0 aliphatic heterocycles. The third-order valence-corrected chi connectivity index (χ3v) is 5.64. The summed E-state index contributed by atoms with van der Waals surface area (Å²) in [5.41, 5.74) is 7.28. The largest absolute Gasteiger partial charge is 0.496 e. The van der Waals surface area contributed by atoms with Crippen molar-refractivity contribution in [3.05, 3.63) is 71.8 Å². The second-order valence-electron chi connectivity index (χ2n) is 9.91. The minimum Gasteiger partial charge on any atom is -0.496 e. The van der Waals surface area contributed by atoms with Gasteiger partial charge in [0.2, 0.25) is 0 Å². The van der Waals surface area contributed by atoms with E-state index < -0.39 is 0 Å². The van der Waals surface area contributed by atoms with E-state index in [1.54, 1.807) is 14.2 Å². The normalized spacial score (nSPS) is 12.0. The van der Waals surface area contributed by atoms with Crippen LogP contribution in [0.1, 0.15) is 52.7 Å². The molecular formula is C28H34O2. The minimum atomic E-state index is 0.0850. The highest BCUT2D eigenvalue weighted by Crippen LogP contribution is 2.38. The predicted molar refractivity (Wildman–Crippen MR) is 128 cm³/mol. The Hall–Kier alpha value is -2.74. The smallest absolute Gasteiger partial charge is 0.126 e. The van der Waals surface area contributed by atoms with Crippen molar-refractivity contribution in [2.75, 3.05) is 14.2 Å². The van der Waals surface area contributed by atoms with E-state index in [1.807, 2.05) is 0 Å². The first-order valence-electron chi connectivity index (χ1n) is 10.5. The van der Waals surface area contributed by atoms with Crippen LogP contribution in [0.2, 0.25) is 0 Å². The van der Waals surface area contributed by atoms with E-state index in [2.05, 4.69) is 102 Å². The van der Waals surface area contributed by atoms with Gasteiger partial charge in [-0.15, -0.1) is 0 Å². The fourth-order valence-corrected chi connectivity index (χ4v) is 3.63. The van der Waals surface area contributed by atoms with Gasteiger partial charge in [-0.05, 0) is 57.3 Å². The second kappa shape index (κ2) is 8.18. The molecule has 3 aromatic carbocycles. The van der Waals surface area contributed by atoms with Gasteiger partial charge in [0.05, 0.1) is 14.2 Å². The molecule has 158 valence electrons. The number of rotatable bonds is 4. The van der Waals surface area contributed by atoms with Crippen molar-refractivity contribution >= 4 is 0 Å². The summed E-state index contributed by atoms with van der Waals surface area (Å²) in [6.07, 6.45) is 0. The van der Waals surface area contributed by atoms with Gasteiger partial charge in [0.15, 0.2) is 0 Å². The van der Waals surface area contributed by atoms with Crippen molar-refractivity contribution in [2.45, 2.75) is 52.4 Å². The molecule has 2 nitrogen and oxygen atoms in total. The van der Waals surface area contributed by atoms with Crippen molar-refractivity contribution in [2.24, 2.45) is 0 Å². The summed E-state index contributed by atoms with van der Waals surface area (Å²) in [4.78, 5) is 0. The molecule has 0 unspecified atom stereocenters. The fraction of sp³-hybridized carbons (Fsp3) is 0.357. The van der Waals surface area contributed by atoms with E-state index in [1.165, 1.54) is 11.1 Å². The number of hydrogen-bond acceptors (Lipinski definition) is 2. The molecule has 0 bridgehead atoms. The molecule has 0 N–H and O–H groups in total. The van der Waals surface area contributed by atoms with Crippen molar-refractivity contribution in [1.29, 1.82) is 0 Å². The lowest BCUT2D eigenvalue weighted by Gasteiger charge is -2.22. The Balaban J connectivity index is 2.06. The molecule has 2 heteroatoms. The topological polar surface area (TPSA) is 18.5 Å². The predicted octanol–water partition coefficient (Wildman–Crippen LogP) is 7.63. The van der Waals surface area contributed by atoms with Crippen molar-refractivity contribution < 1.29 is 9.47 Å². The third kappa shape index (κ3) is 4.53. The molecule has 0 radical (unpaired) electrons. The Morgan fingerprint density at radius 2 is 0.833 bits per heavy atom. The fourth-order valence-electron chi connectivity index (χ4n) is 3.63. The molecule has 30 heavy (non-hydrogen) atoms. The molecule has 0 aliphatic carbocycles. The van der Waals surface area contributed by atoms with E-state index >= 15 is 0 Å². The van der Waals surface area contributed by atoms with Gasteiger partial charge in [0.25, 0.3) is 0 Å². The molecule has 0 saturated heterocycles. The van der Waals surface area contributed by atoms with E-state index in [0.717, 1.165) is 33.8 Å². The van der Waals surface area contributed by atoms with Gasteiger partial charge in [-0.3, -0.25) is 0 Å². The molecule has 0 heterocycles. The average Bonchev–Trinajstić information content (AvgIpc) is 2.71. The summed E-state index contributed by atoms with van der Waals surface area (Å²) in [6, 6.07) is 21.6. The van der Waals surface area contributed by atoms with Crippen LogP contribution in [0.5, 0.6) is 11.5 Å². The van der Waals surface area contributed by atoms with Gasteiger partial charge in [-0.1, -0.05) is 77.9 Å². The van der Waals surface area contributed by atoms with Crippen LogP contribution < -0.4 is 9.47 Å². The van der Waals surface area contributed by atoms with Gasteiger partial charge in [0.1, 0.15) is 11.5 Å². The molecule has 0 atom stereocenters. The zero-order valence-corrected chi connectivity index (χ0v) is 19.6. The SMILES string of the molecule is COc1ccc(C(C)(C)C)cc1-c1ccc(-c2cc(C(C)(C)C)ccc2OC)cc1. The summed E-state index contributed by atoms with van der Waals surface area (Å²) in [5, 5.41) is 0. The number of ether oxygens (including phenoxy) is 2. The van der Waals surface area contributed by atoms with Gasteiger partial charge >= 0.3 is 0 Å². The van der Waals surface area contributed by atoms with Crippen molar-refractivity contribution in [1.82, 2.24) is 0 Å². The molecule has 0 aliphatic rings.